The van der Waals surface area contributed by atoms with E-state index in [9.17, 15) is 4.79 Å². The van der Waals surface area contributed by atoms with Gasteiger partial charge < -0.3 is 25.4 Å². The third kappa shape index (κ3) is 9.13. The van der Waals surface area contributed by atoms with Gasteiger partial charge in [-0.25, -0.2) is 0 Å². The van der Waals surface area contributed by atoms with Crippen molar-refractivity contribution >= 4 is 35.8 Å². The minimum Gasteiger partial charge on any atom is -0.488 e. The van der Waals surface area contributed by atoms with Crippen LogP contribution in [0.4, 0.5) is 0 Å². The number of nitrogens with zero attached hydrogens (tertiary/aromatic N) is 1. The Kier molecular flexibility index (Phi) is 12.2. The maximum atomic E-state index is 12.1. The van der Waals surface area contributed by atoms with Crippen molar-refractivity contribution in [2.75, 3.05) is 33.4 Å². The second kappa shape index (κ2) is 14.6. The van der Waals surface area contributed by atoms with Crippen LogP contribution < -0.4 is 20.7 Å². The van der Waals surface area contributed by atoms with Crippen molar-refractivity contribution in [2.45, 2.75) is 64.5 Å². The van der Waals surface area contributed by atoms with Crippen LogP contribution in [-0.2, 0) is 16.1 Å². The minimum atomic E-state index is 0. The Hall–Kier alpha value is -1.55. The van der Waals surface area contributed by atoms with Gasteiger partial charge in [-0.3, -0.25) is 9.79 Å². The molecule has 2 aliphatic rings. The summed E-state index contributed by atoms with van der Waals surface area (Å²) in [6.45, 7) is 5.31. The van der Waals surface area contributed by atoms with E-state index in [-0.39, 0.29) is 36.0 Å². The van der Waals surface area contributed by atoms with Crippen molar-refractivity contribution in [3.63, 3.8) is 0 Å². The van der Waals surface area contributed by atoms with Crippen molar-refractivity contribution in [3.05, 3.63) is 29.3 Å². The lowest BCUT2D eigenvalue weighted by Gasteiger charge is -2.21. The molecule has 1 aliphatic carbocycles. The second-order valence-corrected chi connectivity index (χ2v) is 8.63. The molecule has 3 rings (SSSR count). The summed E-state index contributed by atoms with van der Waals surface area (Å²) in [6.07, 6.45) is 7.95. The fourth-order valence-corrected chi connectivity index (χ4v) is 4.21. The lowest BCUT2D eigenvalue weighted by molar-refractivity contribution is -0.122. The van der Waals surface area contributed by atoms with Gasteiger partial charge in [-0.1, -0.05) is 31.4 Å². The molecule has 1 atom stereocenters. The minimum absolute atomic E-state index is 0. The topological polar surface area (TPSA) is 84.0 Å². The number of nitrogens with one attached hydrogen (secondary N) is 3. The third-order valence-electron chi connectivity index (χ3n) is 6.01. The number of hydrogen-bond donors (Lipinski definition) is 3. The average Bonchev–Trinajstić information content (AvgIpc) is 3.28. The highest BCUT2D eigenvalue weighted by Gasteiger charge is 2.19. The number of hydrogen-bond acceptors (Lipinski definition) is 4. The van der Waals surface area contributed by atoms with E-state index >= 15 is 0 Å². The van der Waals surface area contributed by atoms with Gasteiger partial charge in [-0.05, 0) is 37.3 Å². The van der Waals surface area contributed by atoms with E-state index in [1.165, 1.54) is 37.7 Å². The molecule has 1 saturated carbocycles. The van der Waals surface area contributed by atoms with Gasteiger partial charge in [0, 0.05) is 45.1 Å². The summed E-state index contributed by atoms with van der Waals surface area (Å²) in [7, 11) is 1.75. The van der Waals surface area contributed by atoms with Gasteiger partial charge in [0.2, 0.25) is 5.91 Å². The first-order chi connectivity index (χ1) is 15.1. The monoisotopic (exact) mass is 558 g/mol. The fourth-order valence-electron chi connectivity index (χ4n) is 4.21. The number of carbonyl (C=O) groups is 1. The summed E-state index contributed by atoms with van der Waals surface area (Å²) >= 11 is 0. The van der Waals surface area contributed by atoms with Crippen LogP contribution in [0, 0.1) is 12.8 Å². The van der Waals surface area contributed by atoms with E-state index in [0.29, 0.717) is 44.5 Å². The van der Waals surface area contributed by atoms with E-state index in [1.807, 2.05) is 0 Å². The largest absolute Gasteiger partial charge is 0.488 e. The normalized spacial score (nSPS) is 19.2. The first-order valence-electron chi connectivity index (χ1n) is 11.7. The molecule has 0 aromatic heterocycles. The van der Waals surface area contributed by atoms with Gasteiger partial charge in [0.15, 0.2) is 5.96 Å². The number of amides is 1. The van der Waals surface area contributed by atoms with Crippen molar-refractivity contribution < 1.29 is 14.3 Å². The van der Waals surface area contributed by atoms with Gasteiger partial charge in [0.05, 0.1) is 13.2 Å². The molecule has 32 heavy (non-hydrogen) atoms. The van der Waals surface area contributed by atoms with Crippen LogP contribution in [0.1, 0.15) is 56.1 Å². The molecule has 1 aliphatic heterocycles. The Morgan fingerprint density at radius 2 is 1.91 bits per heavy atom. The molecular weight excluding hydrogens is 519 g/mol. The summed E-state index contributed by atoms with van der Waals surface area (Å²) in [5.41, 5.74) is 2.25. The summed E-state index contributed by atoms with van der Waals surface area (Å²) < 4.78 is 11.6. The van der Waals surface area contributed by atoms with Crippen LogP contribution in [-0.4, -0.2) is 51.3 Å². The molecular formula is C24H39IN4O3. The summed E-state index contributed by atoms with van der Waals surface area (Å²) in [5, 5.41) is 9.63. The number of aryl methyl sites for hydroxylation is 1. The molecule has 7 nitrogen and oxygen atoms in total. The molecule has 1 aromatic carbocycles. The number of carbonyl (C=O) groups excluding carboxylic acids is 1. The Morgan fingerprint density at radius 3 is 2.62 bits per heavy atom. The Labute approximate surface area is 209 Å². The summed E-state index contributed by atoms with van der Waals surface area (Å²) in [5.74, 6) is 2.33. The standard InChI is InChI=1S/C24H38N4O3.HI/c1-18-8-9-20(22(14-18)31-21-10-13-30-17-21)16-28-24(25-2)27-12-11-26-23(29)15-19-6-4-3-5-7-19;/h8-9,14,19,21H,3-7,10-13,15-17H2,1-2H3,(H,26,29)(H2,25,27,28);1H. The smallest absolute Gasteiger partial charge is 0.220 e. The zero-order valence-electron chi connectivity index (χ0n) is 19.5. The first kappa shape index (κ1) is 26.7. The lowest BCUT2D eigenvalue weighted by atomic mass is 9.87. The molecule has 1 heterocycles. The maximum absolute atomic E-state index is 12.1. The van der Waals surface area contributed by atoms with E-state index < -0.39 is 0 Å². The first-order valence-corrected chi connectivity index (χ1v) is 11.7. The van der Waals surface area contributed by atoms with E-state index in [0.717, 1.165) is 24.3 Å². The molecule has 1 amide bonds. The SMILES string of the molecule is CN=C(NCCNC(=O)CC1CCCCC1)NCc1ccc(C)cc1OC1CCOC1.I. The molecule has 0 radical (unpaired) electrons. The Bertz CT molecular complexity index is 732. The van der Waals surface area contributed by atoms with Crippen molar-refractivity contribution in [3.8, 4) is 5.75 Å². The number of rotatable bonds is 9. The third-order valence-corrected chi connectivity index (χ3v) is 6.01. The number of benzene rings is 1. The van der Waals surface area contributed by atoms with Crippen molar-refractivity contribution in [2.24, 2.45) is 10.9 Å². The van der Waals surface area contributed by atoms with Gasteiger partial charge >= 0.3 is 0 Å². The summed E-state index contributed by atoms with van der Waals surface area (Å²) in [4.78, 5) is 16.4. The quantitative estimate of drug-likeness (QED) is 0.187. The molecule has 3 N–H and O–H groups in total. The predicted octanol–water partition coefficient (Wildman–Crippen LogP) is 3.53. The second-order valence-electron chi connectivity index (χ2n) is 8.63. The maximum Gasteiger partial charge on any atom is 0.220 e. The van der Waals surface area contributed by atoms with E-state index in [1.54, 1.807) is 7.05 Å². The van der Waals surface area contributed by atoms with Crippen molar-refractivity contribution in [1.82, 2.24) is 16.0 Å². The number of guanidine groups is 1. The highest BCUT2D eigenvalue weighted by Crippen LogP contribution is 2.26. The highest BCUT2D eigenvalue weighted by molar-refractivity contribution is 14.0. The predicted molar refractivity (Wildman–Crippen MR) is 139 cm³/mol. The molecule has 0 spiro atoms. The average molecular weight is 559 g/mol. The number of halogens is 1. The molecule has 1 saturated heterocycles. The van der Waals surface area contributed by atoms with Crippen LogP contribution in [0.2, 0.25) is 0 Å². The van der Waals surface area contributed by atoms with Gasteiger partial charge in [0.1, 0.15) is 11.9 Å². The van der Waals surface area contributed by atoms with Crippen LogP contribution in [0.25, 0.3) is 0 Å². The molecule has 1 aromatic rings. The van der Waals surface area contributed by atoms with Gasteiger partial charge in [-0.15, -0.1) is 24.0 Å². The zero-order chi connectivity index (χ0) is 21.9. The van der Waals surface area contributed by atoms with E-state index in [4.69, 9.17) is 9.47 Å². The van der Waals surface area contributed by atoms with Gasteiger partial charge in [0.25, 0.3) is 0 Å². The van der Waals surface area contributed by atoms with Crippen LogP contribution in [0.5, 0.6) is 5.75 Å². The number of aliphatic imine (C=N–C) groups is 1. The molecule has 0 bridgehead atoms. The Balaban J connectivity index is 0.00000363. The van der Waals surface area contributed by atoms with E-state index in [2.05, 4.69) is 46.1 Å². The van der Waals surface area contributed by atoms with Crippen LogP contribution >= 0.6 is 24.0 Å². The molecule has 8 heteroatoms. The van der Waals surface area contributed by atoms with Crippen LogP contribution in [0.3, 0.4) is 0 Å². The zero-order valence-corrected chi connectivity index (χ0v) is 21.8. The van der Waals surface area contributed by atoms with Crippen molar-refractivity contribution in [1.29, 1.82) is 0 Å². The summed E-state index contributed by atoms with van der Waals surface area (Å²) in [6, 6.07) is 6.26. The molecule has 1 unspecified atom stereocenters. The fraction of sp³-hybridized carbons (Fsp3) is 0.667. The number of ether oxygens (including phenoxy) is 2. The van der Waals surface area contributed by atoms with Gasteiger partial charge in [-0.2, -0.15) is 0 Å². The lowest BCUT2D eigenvalue weighted by Crippen LogP contribution is -2.41. The molecule has 2 fully saturated rings. The van der Waals surface area contributed by atoms with Crippen LogP contribution in [0.15, 0.2) is 23.2 Å². The molecule has 180 valence electrons. The Morgan fingerprint density at radius 1 is 1.12 bits per heavy atom. The highest BCUT2D eigenvalue weighted by atomic mass is 127.